The lowest BCUT2D eigenvalue weighted by Gasteiger charge is -2.01. The third kappa shape index (κ3) is 2.37. The normalized spacial score (nSPS) is 10.6. The molecule has 0 radical (unpaired) electrons. The molecule has 0 aliphatic heterocycles. The van der Waals surface area contributed by atoms with Crippen molar-refractivity contribution in [3.8, 4) is 22.6 Å². The molecule has 0 saturated carbocycles. The summed E-state index contributed by atoms with van der Waals surface area (Å²) < 4.78 is 18.4. The molecule has 1 aromatic heterocycles. The molecule has 19 heavy (non-hydrogen) atoms. The van der Waals surface area contributed by atoms with E-state index in [1.807, 2.05) is 30.3 Å². The zero-order chi connectivity index (χ0) is 13.2. The van der Waals surface area contributed by atoms with Crippen LogP contribution >= 0.6 is 11.6 Å². The Bertz CT molecular complexity index is 692. The van der Waals surface area contributed by atoms with Gasteiger partial charge in [-0.15, -0.1) is 0 Å². The summed E-state index contributed by atoms with van der Waals surface area (Å²) in [5.74, 6) is 0.242. The van der Waals surface area contributed by atoms with Crippen molar-refractivity contribution in [2.75, 3.05) is 0 Å². The third-order valence-corrected chi connectivity index (χ3v) is 2.92. The van der Waals surface area contributed by atoms with Crippen molar-refractivity contribution in [1.29, 1.82) is 0 Å². The first kappa shape index (κ1) is 11.9. The van der Waals surface area contributed by atoms with Gasteiger partial charge in [0.1, 0.15) is 11.5 Å². The van der Waals surface area contributed by atoms with E-state index in [9.17, 15) is 4.39 Å². The Kier molecular flexibility index (Phi) is 3.05. The summed E-state index contributed by atoms with van der Waals surface area (Å²) >= 11 is 5.84. The highest BCUT2D eigenvalue weighted by molar-refractivity contribution is 6.28. The molecule has 0 bridgehead atoms. The van der Waals surface area contributed by atoms with Crippen molar-refractivity contribution < 1.29 is 8.81 Å². The Morgan fingerprint density at radius 3 is 2.26 bits per heavy atom. The van der Waals surface area contributed by atoms with Crippen LogP contribution in [0.25, 0.3) is 22.6 Å². The molecule has 0 unspecified atom stereocenters. The molecule has 0 aliphatic carbocycles. The fourth-order valence-corrected chi connectivity index (χ4v) is 2.04. The number of hydrogen-bond acceptors (Lipinski definition) is 2. The molecule has 94 valence electrons. The van der Waals surface area contributed by atoms with Gasteiger partial charge in [0.2, 0.25) is 0 Å². The molecule has 3 rings (SSSR count). The number of oxazole rings is 1. The van der Waals surface area contributed by atoms with E-state index in [1.165, 1.54) is 12.1 Å². The maximum atomic E-state index is 13.0. The van der Waals surface area contributed by atoms with Crippen molar-refractivity contribution in [3.05, 3.63) is 65.8 Å². The van der Waals surface area contributed by atoms with Gasteiger partial charge >= 0.3 is 0 Å². The fourth-order valence-electron chi connectivity index (χ4n) is 1.88. The summed E-state index contributed by atoms with van der Waals surface area (Å²) in [4.78, 5) is 4.18. The lowest BCUT2D eigenvalue weighted by molar-refractivity contribution is 0.574. The van der Waals surface area contributed by atoms with Gasteiger partial charge in [0.25, 0.3) is 5.35 Å². The second-order valence-corrected chi connectivity index (χ2v) is 4.34. The van der Waals surface area contributed by atoms with Crippen LogP contribution in [0.2, 0.25) is 5.35 Å². The SMILES string of the molecule is Fc1ccc(-c2oc(Cl)nc2-c2ccccc2)cc1. The number of benzene rings is 2. The second-order valence-electron chi connectivity index (χ2n) is 4.02. The van der Waals surface area contributed by atoms with Gasteiger partial charge in [-0.05, 0) is 35.9 Å². The van der Waals surface area contributed by atoms with Crippen LogP contribution < -0.4 is 0 Å². The molecule has 0 amide bonds. The van der Waals surface area contributed by atoms with Crippen LogP contribution in [0.4, 0.5) is 4.39 Å². The summed E-state index contributed by atoms with van der Waals surface area (Å²) in [5.41, 5.74) is 2.29. The Morgan fingerprint density at radius 2 is 1.58 bits per heavy atom. The van der Waals surface area contributed by atoms with Crippen molar-refractivity contribution in [1.82, 2.24) is 4.98 Å². The van der Waals surface area contributed by atoms with Crippen LogP contribution in [-0.2, 0) is 0 Å². The van der Waals surface area contributed by atoms with Crippen molar-refractivity contribution in [2.45, 2.75) is 0 Å². The highest BCUT2D eigenvalue weighted by Crippen LogP contribution is 2.33. The molecule has 4 heteroatoms. The number of halogens is 2. The van der Waals surface area contributed by atoms with Crippen LogP contribution in [0.5, 0.6) is 0 Å². The zero-order valence-corrected chi connectivity index (χ0v) is 10.6. The molecule has 2 aromatic carbocycles. The van der Waals surface area contributed by atoms with E-state index < -0.39 is 0 Å². The maximum absolute atomic E-state index is 13.0. The molecular formula is C15H9ClFNO. The van der Waals surface area contributed by atoms with Gasteiger partial charge in [0.15, 0.2) is 5.76 Å². The Labute approximate surface area is 114 Å². The summed E-state index contributed by atoms with van der Waals surface area (Å²) in [6.45, 7) is 0. The first-order valence-corrected chi connectivity index (χ1v) is 6.09. The molecular weight excluding hydrogens is 265 g/mol. The molecule has 2 nitrogen and oxygen atoms in total. The van der Waals surface area contributed by atoms with Crippen molar-refractivity contribution in [3.63, 3.8) is 0 Å². The van der Waals surface area contributed by atoms with Gasteiger partial charge in [-0.3, -0.25) is 0 Å². The highest BCUT2D eigenvalue weighted by atomic mass is 35.5. The molecule has 0 spiro atoms. The quantitative estimate of drug-likeness (QED) is 0.670. The minimum atomic E-state index is -0.296. The van der Waals surface area contributed by atoms with Crippen LogP contribution in [0.1, 0.15) is 0 Å². The topological polar surface area (TPSA) is 26.0 Å². The minimum absolute atomic E-state index is 0.0678. The molecule has 0 fully saturated rings. The number of aromatic nitrogens is 1. The minimum Gasteiger partial charge on any atom is -0.427 e. The number of nitrogens with zero attached hydrogens (tertiary/aromatic N) is 1. The average molecular weight is 274 g/mol. The Balaban J connectivity index is 2.15. The number of hydrogen-bond donors (Lipinski definition) is 0. The molecule has 0 atom stereocenters. The third-order valence-electron chi connectivity index (χ3n) is 2.75. The van der Waals surface area contributed by atoms with Crippen LogP contribution in [0, 0.1) is 5.82 Å². The van der Waals surface area contributed by atoms with Crippen LogP contribution in [0.15, 0.2) is 59.0 Å². The second kappa shape index (κ2) is 4.86. The van der Waals surface area contributed by atoms with Gasteiger partial charge in [0, 0.05) is 11.1 Å². The lowest BCUT2D eigenvalue weighted by atomic mass is 10.1. The van der Waals surface area contributed by atoms with E-state index in [1.54, 1.807) is 12.1 Å². The van der Waals surface area contributed by atoms with Gasteiger partial charge < -0.3 is 4.42 Å². The zero-order valence-electron chi connectivity index (χ0n) is 9.81. The van der Waals surface area contributed by atoms with Crippen molar-refractivity contribution >= 4 is 11.6 Å². The number of rotatable bonds is 2. The van der Waals surface area contributed by atoms with Gasteiger partial charge in [-0.2, -0.15) is 4.98 Å². The van der Waals surface area contributed by atoms with Crippen LogP contribution in [0.3, 0.4) is 0 Å². The van der Waals surface area contributed by atoms with E-state index >= 15 is 0 Å². The van der Waals surface area contributed by atoms with E-state index in [0.29, 0.717) is 11.5 Å². The summed E-state index contributed by atoms with van der Waals surface area (Å²) in [5, 5.41) is 0.0678. The van der Waals surface area contributed by atoms with E-state index in [0.717, 1.165) is 11.1 Å². The fraction of sp³-hybridized carbons (Fsp3) is 0. The van der Waals surface area contributed by atoms with Gasteiger partial charge in [0.05, 0.1) is 0 Å². The molecule has 3 aromatic rings. The van der Waals surface area contributed by atoms with Gasteiger partial charge in [-0.25, -0.2) is 4.39 Å². The largest absolute Gasteiger partial charge is 0.427 e. The molecule has 0 aliphatic rings. The highest BCUT2D eigenvalue weighted by Gasteiger charge is 2.15. The molecule has 1 heterocycles. The van der Waals surface area contributed by atoms with E-state index in [4.69, 9.17) is 16.0 Å². The van der Waals surface area contributed by atoms with Gasteiger partial charge in [-0.1, -0.05) is 30.3 Å². The lowest BCUT2D eigenvalue weighted by Crippen LogP contribution is -1.82. The summed E-state index contributed by atoms with van der Waals surface area (Å²) in [6, 6.07) is 15.6. The average Bonchev–Trinajstić information content (AvgIpc) is 2.83. The summed E-state index contributed by atoms with van der Waals surface area (Å²) in [6.07, 6.45) is 0. The van der Waals surface area contributed by atoms with Crippen molar-refractivity contribution in [2.24, 2.45) is 0 Å². The summed E-state index contributed by atoms with van der Waals surface area (Å²) in [7, 11) is 0. The van der Waals surface area contributed by atoms with Crippen LogP contribution in [-0.4, -0.2) is 4.98 Å². The first-order chi connectivity index (χ1) is 9.24. The predicted octanol–water partition coefficient (Wildman–Crippen LogP) is 4.80. The molecule has 0 N–H and O–H groups in total. The Morgan fingerprint density at radius 1 is 0.895 bits per heavy atom. The maximum Gasteiger partial charge on any atom is 0.293 e. The van der Waals surface area contributed by atoms with E-state index in [2.05, 4.69) is 4.98 Å². The van der Waals surface area contributed by atoms with E-state index in [-0.39, 0.29) is 11.2 Å². The smallest absolute Gasteiger partial charge is 0.293 e. The standard InChI is InChI=1S/C15H9ClFNO/c16-15-18-13(10-4-2-1-3-5-10)14(19-15)11-6-8-12(17)9-7-11/h1-9H. The first-order valence-electron chi connectivity index (χ1n) is 5.72. The monoisotopic (exact) mass is 273 g/mol. The predicted molar refractivity (Wildman–Crippen MR) is 72.3 cm³/mol. The Hall–Kier alpha value is -2.13. The molecule has 0 saturated heterocycles.